The smallest absolute Gasteiger partial charge is 0.184 e. The Balaban J connectivity index is 1.17. The minimum Gasteiger partial charge on any atom is -0.394 e. The summed E-state index contributed by atoms with van der Waals surface area (Å²) in [7, 11) is 0. The van der Waals surface area contributed by atoms with Crippen LogP contribution in [0.15, 0.2) is 18.2 Å². The highest BCUT2D eigenvalue weighted by molar-refractivity contribution is 5.34. The molecule has 6 rings (SSSR count). The van der Waals surface area contributed by atoms with Crippen molar-refractivity contribution >= 4 is 0 Å². The zero-order chi connectivity index (χ0) is 23.1. The Bertz CT molecular complexity index is 844. The molecule has 0 amide bonds. The molecule has 1 aromatic rings. The summed E-state index contributed by atoms with van der Waals surface area (Å²) >= 11 is 0. The minimum atomic E-state index is -1.02. The van der Waals surface area contributed by atoms with Crippen LogP contribution < -0.4 is 0 Å². The predicted molar refractivity (Wildman–Crippen MR) is 126 cm³/mol. The van der Waals surface area contributed by atoms with E-state index in [4.69, 9.17) is 18.9 Å². The average Bonchev–Trinajstić information content (AvgIpc) is 2.91. The molecule has 9 unspecified atom stereocenters. The highest BCUT2D eigenvalue weighted by atomic mass is 16.8. The van der Waals surface area contributed by atoms with E-state index >= 15 is 0 Å². The van der Waals surface area contributed by atoms with Crippen LogP contribution >= 0.6 is 0 Å². The van der Waals surface area contributed by atoms with E-state index in [-0.39, 0.29) is 19.0 Å². The van der Waals surface area contributed by atoms with Crippen molar-refractivity contribution in [2.45, 2.75) is 108 Å². The van der Waals surface area contributed by atoms with Gasteiger partial charge in [-0.05, 0) is 67.9 Å². The van der Waals surface area contributed by atoms with Crippen molar-refractivity contribution in [3.8, 4) is 0 Å². The molecule has 2 saturated heterocycles. The van der Waals surface area contributed by atoms with Crippen LogP contribution in [0.3, 0.4) is 0 Å². The fourth-order valence-electron chi connectivity index (χ4n) is 7.26. The molecule has 0 spiro atoms. The Morgan fingerprint density at radius 3 is 2.50 bits per heavy atom. The normalized spacial score (nSPS) is 41.1. The van der Waals surface area contributed by atoms with Crippen molar-refractivity contribution in [1.29, 1.82) is 0 Å². The molecule has 1 aromatic carbocycles. The zero-order valence-corrected chi connectivity index (χ0v) is 20.1. The van der Waals surface area contributed by atoms with Crippen molar-refractivity contribution in [3.63, 3.8) is 0 Å². The number of aliphatic hydroxyl groups is 2. The molecule has 34 heavy (non-hydrogen) atoms. The van der Waals surface area contributed by atoms with Crippen molar-refractivity contribution in [3.05, 3.63) is 34.9 Å². The molecule has 2 aliphatic heterocycles. The number of fused-ring (bicyclic) bond motifs is 3. The van der Waals surface area contributed by atoms with Crippen LogP contribution in [0.5, 0.6) is 0 Å². The first kappa shape index (κ1) is 23.4. The number of hydrogen-bond acceptors (Lipinski definition) is 6. The summed E-state index contributed by atoms with van der Waals surface area (Å²) in [4.78, 5) is 0. The largest absolute Gasteiger partial charge is 0.394 e. The SMILES string of the molecule is OCC(O)C1OC(c2ccc3c(c2)CCCC3)OC2COC(C3CCC4CCCCC4C3)OC21. The lowest BCUT2D eigenvalue weighted by Crippen LogP contribution is -2.60. The summed E-state index contributed by atoms with van der Waals surface area (Å²) in [5.41, 5.74) is 3.74. The standard InChI is InChI=1S/C28H40O6/c29-15-23(30)25-26-24(32-28(33-25)22-12-10-18-6-2-4-8-20(18)14-22)16-31-27(34-26)21-11-9-17-5-1-3-7-19(17)13-21/h10,12,14,17,19,21,23-30H,1-9,11,13,15-16H2. The first-order valence-electron chi connectivity index (χ1n) is 13.7. The van der Waals surface area contributed by atoms with Gasteiger partial charge in [-0.25, -0.2) is 0 Å². The molecule has 5 aliphatic rings. The number of rotatable bonds is 4. The molecule has 9 atom stereocenters. The summed E-state index contributed by atoms with van der Waals surface area (Å²) in [5, 5.41) is 20.5. The molecule has 2 heterocycles. The number of ether oxygens (including phenoxy) is 4. The molecule has 6 nitrogen and oxygen atoms in total. The van der Waals surface area contributed by atoms with Gasteiger partial charge in [-0.2, -0.15) is 0 Å². The van der Waals surface area contributed by atoms with Gasteiger partial charge in [0.15, 0.2) is 12.6 Å². The van der Waals surface area contributed by atoms with Crippen LogP contribution in [-0.4, -0.2) is 54.1 Å². The molecule has 6 heteroatoms. The van der Waals surface area contributed by atoms with Gasteiger partial charge in [-0.1, -0.05) is 43.9 Å². The fourth-order valence-corrected chi connectivity index (χ4v) is 7.26. The second kappa shape index (κ2) is 10.2. The van der Waals surface area contributed by atoms with Crippen LogP contribution in [0.1, 0.15) is 80.8 Å². The Morgan fingerprint density at radius 2 is 1.65 bits per heavy atom. The fraction of sp³-hybridized carbons (Fsp3) is 0.786. The molecule has 0 aromatic heterocycles. The number of benzene rings is 1. The van der Waals surface area contributed by atoms with Gasteiger partial charge in [0.25, 0.3) is 0 Å². The molecular formula is C28H40O6. The molecular weight excluding hydrogens is 432 g/mol. The van der Waals surface area contributed by atoms with Gasteiger partial charge in [-0.3, -0.25) is 0 Å². The third kappa shape index (κ3) is 4.58. The van der Waals surface area contributed by atoms with Crippen LogP contribution in [0, 0.1) is 17.8 Å². The van der Waals surface area contributed by atoms with Crippen LogP contribution in [0.2, 0.25) is 0 Å². The number of hydrogen-bond donors (Lipinski definition) is 2. The first-order valence-corrected chi connectivity index (χ1v) is 13.7. The van der Waals surface area contributed by atoms with Crippen LogP contribution in [-0.2, 0) is 31.8 Å². The van der Waals surface area contributed by atoms with Gasteiger partial charge in [0, 0.05) is 11.5 Å². The highest BCUT2D eigenvalue weighted by Gasteiger charge is 2.49. The highest BCUT2D eigenvalue weighted by Crippen LogP contribution is 2.46. The van der Waals surface area contributed by atoms with Crippen molar-refractivity contribution in [2.24, 2.45) is 17.8 Å². The maximum absolute atomic E-state index is 10.7. The minimum absolute atomic E-state index is 0.287. The van der Waals surface area contributed by atoms with E-state index in [0.29, 0.717) is 12.5 Å². The topological polar surface area (TPSA) is 77.4 Å². The average molecular weight is 473 g/mol. The van der Waals surface area contributed by atoms with Gasteiger partial charge >= 0.3 is 0 Å². The van der Waals surface area contributed by atoms with E-state index < -0.39 is 24.6 Å². The van der Waals surface area contributed by atoms with E-state index in [1.165, 1.54) is 62.5 Å². The van der Waals surface area contributed by atoms with E-state index in [9.17, 15) is 10.2 Å². The lowest BCUT2D eigenvalue weighted by molar-refractivity contribution is -0.379. The summed E-state index contributed by atoms with van der Waals surface area (Å²) in [6, 6.07) is 6.46. The quantitative estimate of drug-likeness (QED) is 0.689. The Hall–Kier alpha value is -1.02. The summed E-state index contributed by atoms with van der Waals surface area (Å²) in [6.45, 7) is 0.0617. The van der Waals surface area contributed by atoms with Gasteiger partial charge < -0.3 is 29.2 Å². The van der Waals surface area contributed by atoms with E-state index in [1.807, 2.05) is 0 Å². The summed E-state index contributed by atoms with van der Waals surface area (Å²) in [6.07, 6.45) is 10.4. The molecule has 2 N–H and O–H groups in total. The third-order valence-electron chi connectivity index (χ3n) is 9.16. The summed E-state index contributed by atoms with van der Waals surface area (Å²) in [5.74, 6) is 2.05. The molecule has 0 radical (unpaired) electrons. The van der Waals surface area contributed by atoms with Crippen molar-refractivity contribution < 1.29 is 29.2 Å². The van der Waals surface area contributed by atoms with Crippen LogP contribution in [0.4, 0.5) is 0 Å². The van der Waals surface area contributed by atoms with E-state index in [2.05, 4.69) is 18.2 Å². The van der Waals surface area contributed by atoms with Gasteiger partial charge in [-0.15, -0.1) is 0 Å². The summed E-state index contributed by atoms with van der Waals surface area (Å²) < 4.78 is 25.4. The molecule has 0 bridgehead atoms. The molecule has 4 fully saturated rings. The van der Waals surface area contributed by atoms with E-state index in [0.717, 1.165) is 36.7 Å². The zero-order valence-electron chi connectivity index (χ0n) is 20.1. The molecule has 2 saturated carbocycles. The van der Waals surface area contributed by atoms with Gasteiger partial charge in [0.1, 0.15) is 24.4 Å². The van der Waals surface area contributed by atoms with E-state index in [1.54, 1.807) is 0 Å². The van der Waals surface area contributed by atoms with Crippen molar-refractivity contribution in [1.82, 2.24) is 0 Å². The van der Waals surface area contributed by atoms with Crippen molar-refractivity contribution in [2.75, 3.05) is 13.2 Å². The number of aliphatic hydroxyl groups excluding tert-OH is 2. The predicted octanol–water partition coefficient (Wildman–Crippen LogP) is 4.05. The lowest BCUT2D eigenvalue weighted by atomic mass is 9.67. The second-order valence-electron chi connectivity index (χ2n) is 11.3. The Kier molecular flexibility index (Phi) is 6.98. The molecule has 3 aliphatic carbocycles. The lowest BCUT2D eigenvalue weighted by Gasteiger charge is -2.49. The first-order chi connectivity index (χ1) is 16.7. The number of aryl methyl sites for hydroxylation is 2. The molecule has 188 valence electrons. The maximum Gasteiger partial charge on any atom is 0.184 e. The Morgan fingerprint density at radius 1 is 0.853 bits per heavy atom. The second-order valence-corrected chi connectivity index (χ2v) is 11.3. The Labute approximate surface area is 202 Å². The van der Waals surface area contributed by atoms with Crippen LogP contribution in [0.25, 0.3) is 0 Å². The third-order valence-corrected chi connectivity index (χ3v) is 9.16. The monoisotopic (exact) mass is 472 g/mol. The van der Waals surface area contributed by atoms with Gasteiger partial charge in [0.2, 0.25) is 0 Å². The van der Waals surface area contributed by atoms with Gasteiger partial charge in [0.05, 0.1) is 13.2 Å². The maximum atomic E-state index is 10.7.